The molecule has 1 fully saturated rings. The molecular formula is C21H19ClFN5O. The Kier molecular flexibility index (Phi) is 5.22. The molecule has 8 heteroatoms. The Hall–Kier alpha value is -2.95. The minimum absolute atomic E-state index is 0.0328. The first kappa shape index (κ1) is 19.4. The summed E-state index contributed by atoms with van der Waals surface area (Å²) in [5, 5.41) is 9.85. The van der Waals surface area contributed by atoms with E-state index in [-0.39, 0.29) is 11.4 Å². The molecule has 6 nitrogen and oxygen atoms in total. The third-order valence-corrected chi connectivity index (χ3v) is 5.40. The maximum absolute atomic E-state index is 14.1. The molecule has 3 aromatic rings. The molecule has 1 N–H and O–H groups in total. The molecule has 148 valence electrons. The number of aromatic amines is 1. The van der Waals surface area contributed by atoms with Crippen molar-refractivity contribution in [2.45, 2.75) is 13.5 Å². The van der Waals surface area contributed by atoms with Crippen LogP contribution in [0.2, 0.25) is 5.15 Å². The zero-order chi connectivity index (χ0) is 20.5. The van der Waals surface area contributed by atoms with Crippen molar-refractivity contribution in [3.05, 3.63) is 68.3 Å². The lowest BCUT2D eigenvalue weighted by molar-refractivity contribution is 0.246. The van der Waals surface area contributed by atoms with Gasteiger partial charge in [0.25, 0.3) is 5.56 Å². The number of anilines is 1. The van der Waals surface area contributed by atoms with E-state index in [1.165, 1.54) is 6.07 Å². The monoisotopic (exact) mass is 411 g/mol. The van der Waals surface area contributed by atoms with Gasteiger partial charge < -0.3 is 9.88 Å². The van der Waals surface area contributed by atoms with Gasteiger partial charge in [0.15, 0.2) is 0 Å². The van der Waals surface area contributed by atoms with Gasteiger partial charge in [-0.2, -0.15) is 5.26 Å². The van der Waals surface area contributed by atoms with Crippen LogP contribution in [0.5, 0.6) is 0 Å². The van der Waals surface area contributed by atoms with Gasteiger partial charge in [-0.05, 0) is 25.1 Å². The molecule has 29 heavy (non-hydrogen) atoms. The third-order valence-electron chi connectivity index (χ3n) is 5.19. The Morgan fingerprint density at radius 1 is 1.24 bits per heavy atom. The summed E-state index contributed by atoms with van der Waals surface area (Å²) in [6.45, 7) is 5.00. The maximum Gasteiger partial charge on any atom is 0.268 e. The summed E-state index contributed by atoms with van der Waals surface area (Å²) in [4.78, 5) is 23.6. The number of hydrogen-bond donors (Lipinski definition) is 1. The summed E-state index contributed by atoms with van der Waals surface area (Å²) in [5.74, 6) is -0.204. The topological polar surface area (TPSA) is 76.0 Å². The summed E-state index contributed by atoms with van der Waals surface area (Å²) in [7, 11) is 0. The zero-order valence-electron chi connectivity index (χ0n) is 15.9. The van der Waals surface area contributed by atoms with Crippen molar-refractivity contribution in [3.63, 3.8) is 0 Å². The smallest absolute Gasteiger partial charge is 0.268 e. The molecule has 0 unspecified atom stereocenters. The van der Waals surface area contributed by atoms with Crippen LogP contribution in [0.25, 0.3) is 11.0 Å². The van der Waals surface area contributed by atoms with Gasteiger partial charge in [-0.25, -0.2) is 9.37 Å². The van der Waals surface area contributed by atoms with Crippen LogP contribution in [0.1, 0.15) is 16.7 Å². The highest BCUT2D eigenvalue weighted by Crippen LogP contribution is 2.28. The number of hydrogen-bond acceptors (Lipinski definition) is 5. The van der Waals surface area contributed by atoms with Gasteiger partial charge in [0, 0.05) is 38.3 Å². The van der Waals surface area contributed by atoms with Crippen molar-refractivity contribution in [1.82, 2.24) is 14.9 Å². The van der Waals surface area contributed by atoms with Crippen LogP contribution >= 0.6 is 11.6 Å². The molecule has 0 bridgehead atoms. The highest BCUT2D eigenvalue weighted by atomic mass is 35.5. The van der Waals surface area contributed by atoms with Gasteiger partial charge in [-0.3, -0.25) is 9.69 Å². The number of pyridine rings is 2. The minimum Gasteiger partial charge on any atom is -0.366 e. The van der Waals surface area contributed by atoms with E-state index in [0.717, 1.165) is 5.56 Å². The molecule has 0 atom stereocenters. The number of fused-ring (bicyclic) bond motifs is 1. The maximum atomic E-state index is 14.1. The lowest BCUT2D eigenvalue weighted by Crippen LogP contribution is -2.46. The average molecular weight is 412 g/mol. The first-order chi connectivity index (χ1) is 14.0. The SMILES string of the molecule is Cc1ccc(F)c(CN2CCN(c3c(C#N)c(=O)[nH]c4ccc(Cl)nc34)CC2)c1. The van der Waals surface area contributed by atoms with Crippen molar-refractivity contribution >= 4 is 28.3 Å². The Bertz CT molecular complexity index is 1180. The Morgan fingerprint density at radius 3 is 2.72 bits per heavy atom. The second-order valence-electron chi connectivity index (χ2n) is 7.18. The summed E-state index contributed by atoms with van der Waals surface area (Å²) >= 11 is 6.06. The normalized spacial score (nSPS) is 14.9. The van der Waals surface area contributed by atoms with Gasteiger partial charge in [-0.15, -0.1) is 0 Å². The minimum atomic E-state index is -0.441. The number of nitrogens with zero attached hydrogens (tertiary/aromatic N) is 4. The van der Waals surface area contributed by atoms with E-state index in [0.29, 0.717) is 60.2 Å². The molecular weight excluding hydrogens is 393 g/mol. The highest BCUT2D eigenvalue weighted by molar-refractivity contribution is 6.29. The second-order valence-corrected chi connectivity index (χ2v) is 7.56. The van der Waals surface area contributed by atoms with E-state index >= 15 is 0 Å². The molecule has 1 aliphatic rings. The third kappa shape index (κ3) is 3.82. The second kappa shape index (κ2) is 7.82. The molecule has 0 amide bonds. The zero-order valence-corrected chi connectivity index (χ0v) is 16.6. The summed E-state index contributed by atoms with van der Waals surface area (Å²) < 4.78 is 14.1. The Balaban J connectivity index is 1.61. The van der Waals surface area contributed by atoms with E-state index < -0.39 is 5.56 Å². The number of rotatable bonds is 3. The number of H-pyrrole nitrogens is 1. The fourth-order valence-corrected chi connectivity index (χ4v) is 3.88. The number of benzene rings is 1. The molecule has 0 radical (unpaired) electrons. The first-order valence-electron chi connectivity index (χ1n) is 9.31. The van der Waals surface area contributed by atoms with E-state index in [1.54, 1.807) is 18.2 Å². The van der Waals surface area contributed by atoms with E-state index in [9.17, 15) is 14.4 Å². The Labute approximate surface area is 172 Å². The van der Waals surface area contributed by atoms with Crippen molar-refractivity contribution in [3.8, 4) is 6.07 Å². The predicted octanol–water partition coefficient (Wildman–Crippen LogP) is 3.22. The fourth-order valence-electron chi connectivity index (χ4n) is 3.73. The van der Waals surface area contributed by atoms with Gasteiger partial charge in [-0.1, -0.05) is 29.3 Å². The van der Waals surface area contributed by atoms with Crippen molar-refractivity contribution in [1.29, 1.82) is 5.26 Å². The van der Waals surface area contributed by atoms with Crippen molar-refractivity contribution < 1.29 is 4.39 Å². The quantitative estimate of drug-likeness (QED) is 0.670. The Morgan fingerprint density at radius 2 is 2.00 bits per heavy atom. The van der Waals surface area contributed by atoms with E-state index in [2.05, 4.69) is 14.9 Å². The number of nitriles is 1. The standard InChI is InChI=1S/C21H19ClFN5O/c1-13-2-3-16(23)14(10-13)12-27-6-8-28(9-7-27)20-15(11-24)21(29)25-17-4-5-18(22)26-19(17)20/h2-5,10H,6-9,12H2,1H3,(H,25,29). The van der Waals surface area contributed by atoms with Crippen LogP contribution in [-0.4, -0.2) is 41.0 Å². The lowest BCUT2D eigenvalue weighted by Gasteiger charge is -2.36. The lowest BCUT2D eigenvalue weighted by atomic mass is 10.1. The van der Waals surface area contributed by atoms with Crippen molar-refractivity contribution in [2.24, 2.45) is 0 Å². The number of aryl methyl sites for hydroxylation is 1. The van der Waals surface area contributed by atoms with Crippen LogP contribution in [0.4, 0.5) is 10.1 Å². The van der Waals surface area contributed by atoms with Crippen molar-refractivity contribution in [2.75, 3.05) is 31.1 Å². The van der Waals surface area contributed by atoms with Crippen LogP contribution in [0.15, 0.2) is 35.1 Å². The first-order valence-corrected chi connectivity index (χ1v) is 9.69. The number of halogens is 2. The molecule has 0 saturated carbocycles. The van der Waals surface area contributed by atoms with Gasteiger partial charge in [0.2, 0.25) is 0 Å². The van der Waals surface area contributed by atoms with Gasteiger partial charge >= 0.3 is 0 Å². The van der Waals surface area contributed by atoms with Gasteiger partial charge in [0.1, 0.15) is 28.1 Å². The summed E-state index contributed by atoms with van der Waals surface area (Å²) in [6.07, 6.45) is 0. The molecule has 0 aliphatic carbocycles. The van der Waals surface area contributed by atoms with E-state index in [4.69, 9.17) is 11.6 Å². The largest absolute Gasteiger partial charge is 0.366 e. The van der Waals surface area contributed by atoms with Crippen LogP contribution in [-0.2, 0) is 6.54 Å². The summed E-state index contributed by atoms with van der Waals surface area (Å²) in [6, 6.07) is 10.4. The number of aromatic nitrogens is 2. The average Bonchev–Trinajstić information content (AvgIpc) is 2.71. The summed E-state index contributed by atoms with van der Waals surface area (Å²) in [5.41, 5.74) is 2.84. The molecule has 0 spiro atoms. The number of nitrogens with one attached hydrogen (secondary N) is 1. The van der Waals surface area contributed by atoms with Crippen LogP contribution in [0.3, 0.4) is 0 Å². The van der Waals surface area contributed by atoms with E-state index in [1.807, 2.05) is 24.0 Å². The molecule has 1 saturated heterocycles. The molecule has 3 heterocycles. The van der Waals surface area contributed by atoms with Crippen LogP contribution in [0, 0.1) is 24.1 Å². The molecule has 1 aromatic carbocycles. The van der Waals surface area contributed by atoms with Gasteiger partial charge in [0.05, 0.1) is 11.2 Å². The predicted molar refractivity (Wildman–Crippen MR) is 111 cm³/mol. The molecule has 2 aromatic heterocycles. The van der Waals surface area contributed by atoms with Crippen LogP contribution < -0.4 is 10.5 Å². The molecule has 1 aliphatic heterocycles. The fraction of sp³-hybridized carbons (Fsp3) is 0.286. The highest BCUT2D eigenvalue weighted by Gasteiger charge is 2.24. The molecule has 4 rings (SSSR count). The number of piperazine rings is 1.